The van der Waals surface area contributed by atoms with Crippen LogP contribution in [0.15, 0.2) is 15.6 Å². The molecule has 17 heavy (non-hydrogen) atoms. The maximum atomic E-state index is 5.43. The molecule has 0 spiro atoms. The Bertz CT molecular complexity index is 381. The predicted molar refractivity (Wildman–Crippen MR) is 65.1 cm³/mol. The summed E-state index contributed by atoms with van der Waals surface area (Å²) in [6, 6.07) is 2.36. The zero-order valence-electron chi connectivity index (χ0n) is 10.1. The van der Waals surface area contributed by atoms with Crippen LogP contribution in [0.1, 0.15) is 37.1 Å². The van der Waals surface area contributed by atoms with Gasteiger partial charge in [-0.05, 0) is 19.8 Å². The second-order valence-corrected chi connectivity index (χ2v) is 4.36. The summed E-state index contributed by atoms with van der Waals surface area (Å²) in [6.45, 7) is 2.33. The van der Waals surface area contributed by atoms with Crippen LogP contribution in [0.4, 0.5) is 0 Å². The Labute approximate surface area is 101 Å². The van der Waals surface area contributed by atoms with E-state index in [4.69, 9.17) is 10.4 Å². The van der Waals surface area contributed by atoms with Gasteiger partial charge in [-0.1, -0.05) is 18.0 Å². The van der Waals surface area contributed by atoms with E-state index in [1.807, 2.05) is 13.0 Å². The van der Waals surface area contributed by atoms with Gasteiger partial charge in [0.05, 0.1) is 6.54 Å². The van der Waals surface area contributed by atoms with Gasteiger partial charge in [0.2, 0.25) is 5.96 Å². The second kappa shape index (κ2) is 5.67. The third-order valence-corrected chi connectivity index (χ3v) is 2.91. The molecule has 0 bridgehead atoms. The van der Waals surface area contributed by atoms with Gasteiger partial charge in [-0.25, -0.2) is 10.8 Å². The molecule has 0 atom stereocenters. The van der Waals surface area contributed by atoms with Gasteiger partial charge in [0, 0.05) is 12.1 Å². The molecule has 1 aromatic heterocycles. The standard InChI is InChI=1S/C11H19N5O/c1-8-6-10(16-17-8)7-13-11(15-12)14-9-4-2-3-5-9/h6,9H,2-5,7,12H2,1H3,(H2,13,14,15). The quantitative estimate of drug-likeness (QED) is 0.314. The molecule has 94 valence electrons. The normalized spacial score (nSPS) is 17.4. The zero-order chi connectivity index (χ0) is 12.1. The van der Waals surface area contributed by atoms with Gasteiger partial charge in [0.1, 0.15) is 11.5 Å². The lowest BCUT2D eigenvalue weighted by Gasteiger charge is -2.14. The van der Waals surface area contributed by atoms with Crippen molar-refractivity contribution < 1.29 is 4.52 Å². The molecule has 4 N–H and O–H groups in total. The molecule has 2 rings (SSSR count). The summed E-state index contributed by atoms with van der Waals surface area (Å²) in [5.41, 5.74) is 3.40. The first-order valence-corrected chi connectivity index (χ1v) is 5.97. The Morgan fingerprint density at radius 1 is 1.59 bits per heavy atom. The maximum absolute atomic E-state index is 5.43. The van der Waals surface area contributed by atoms with Gasteiger partial charge in [0.25, 0.3) is 0 Å². The monoisotopic (exact) mass is 237 g/mol. The molecule has 6 nitrogen and oxygen atoms in total. The van der Waals surface area contributed by atoms with E-state index >= 15 is 0 Å². The molecule has 6 heteroatoms. The van der Waals surface area contributed by atoms with Gasteiger partial charge in [-0.2, -0.15) is 0 Å². The SMILES string of the molecule is Cc1cc(CN=C(NN)NC2CCCC2)no1. The highest BCUT2D eigenvalue weighted by Gasteiger charge is 2.15. The Morgan fingerprint density at radius 2 is 2.35 bits per heavy atom. The van der Waals surface area contributed by atoms with Crippen LogP contribution in [0.2, 0.25) is 0 Å². The summed E-state index contributed by atoms with van der Waals surface area (Å²) < 4.78 is 4.97. The van der Waals surface area contributed by atoms with Crippen molar-refractivity contribution in [3.63, 3.8) is 0 Å². The minimum absolute atomic E-state index is 0.469. The summed E-state index contributed by atoms with van der Waals surface area (Å²) in [5.74, 6) is 6.85. The minimum atomic E-state index is 0.469. The molecule has 1 aromatic rings. The molecular formula is C11H19N5O. The molecule has 0 radical (unpaired) electrons. The van der Waals surface area contributed by atoms with Crippen LogP contribution in [0.5, 0.6) is 0 Å². The van der Waals surface area contributed by atoms with Crippen molar-refractivity contribution >= 4 is 5.96 Å². The van der Waals surface area contributed by atoms with E-state index in [0.29, 0.717) is 18.5 Å². The number of nitrogens with zero attached hydrogens (tertiary/aromatic N) is 2. The second-order valence-electron chi connectivity index (χ2n) is 4.36. The van der Waals surface area contributed by atoms with Crippen LogP contribution in [0, 0.1) is 6.92 Å². The lowest BCUT2D eigenvalue weighted by atomic mass is 10.2. The highest BCUT2D eigenvalue weighted by molar-refractivity contribution is 5.79. The number of guanidine groups is 1. The van der Waals surface area contributed by atoms with E-state index in [1.165, 1.54) is 25.7 Å². The smallest absolute Gasteiger partial charge is 0.206 e. The van der Waals surface area contributed by atoms with Crippen molar-refractivity contribution in [1.82, 2.24) is 15.9 Å². The highest BCUT2D eigenvalue weighted by Crippen LogP contribution is 2.17. The predicted octanol–water partition coefficient (Wildman–Crippen LogP) is 0.835. The topological polar surface area (TPSA) is 88.5 Å². The number of hydrazine groups is 1. The number of nitrogens with two attached hydrogens (primary N) is 1. The largest absolute Gasteiger partial charge is 0.361 e. The van der Waals surface area contributed by atoms with E-state index in [2.05, 4.69) is 20.9 Å². The Balaban J connectivity index is 1.88. The van der Waals surface area contributed by atoms with Crippen molar-refractivity contribution in [2.45, 2.75) is 45.2 Å². The van der Waals surface area contributed by atoms with Gasteiger partial charge in [0.15, 0.2) is 0 Å². The highest BCUT2D eigenvalue weighted by atomic mass is 16.5. The van der Waals surface area contributed by atoms with Crippen LogP contribution in [-0.4, -0.2) is 17.2 Å². The van der Waals surface area contributed by atoms with Gasteiger partial charge < -0.3 is 9.84 Å². The van der Waals surface area contributed by atoms with Gasteiger partial charge >= 0.3 is 0 Å². The van der Waals surface area contributed by atoms with Crippen LogP contribution < -0.4 is 16.6 Å². The van der Waals surface area contributed by atoms with E-state index in [0.717, 1.165) is 11.5 Å². The molecule has 0 saturated heterocycles. The number of aliphatic imine (C=N–C) groups is 1. The third-order valence-electron chi connectivity index (χ3n) is 2.91. The first kappa shape index (κ1) is 11.9. The molecule has 0 amide bonds. The number of aryl methyl sites for hydroxylation is 1. The van der Waals surface area contributed by atoms with Crippen molar-refractivity contribution in [2.75, 3.05) is 0 Å². The number of hydrogen-bond acceptors (Lipinski definition) is 4. The van der Waals surface area contributed by atoms with Gasteiger partial charge in [-0.15, -0.1) is 0 Å². The average molecular weight is 237 g/mol. The van der Waals surface area contributed by atoms with Crippen LogP contribution in [0.3, 0.4) is 0 Å². The van der Waals surface area contributed by atoms with Crippen LogP contribution >= 0.6 is 0 Å². The number of aromatic nitrogens is 1. The fourth-order valence-corrected chi connectivity index (χ4v) is 2.05. The van der Waals surface area contributed by atoms with E-state index in [1.54, 1.807) is 0 Å². The summed E-state index contributed by atoms with van der Waals surface area (Å²) >= 11 is 0. The molecule has 0 unspecified atom stereocenters. The molecule has 1 aliphatic rings. The van der Waals surface area contributed by atoms with Gasteiger partial charge in [-0.3, -0.25) is 5.43 Å². The van der Waals surface area contributed by atoms with E-state index in [-0.39, 0.29) is 0 Å². The Hall–Kier alpha value is -1.56. The van der Waals surface area contributed by atoms with Crippen molar-refractivity contribution in [3.8, 4) is 0 Å². The molecule has 1 aliphatic carbocycles. The number of rotatable bonds is 3. The Morgan fingerprint density at radius 3 is 2.94 bits per heavy atom. The van der Waals surface area contributed by atoms with E-state index in [9.17, 15) is 0 Å². The maximum Gasteiger partial charge on any atom is 0.206 e. The molecule has 1 fully saturated rings. The fourth-order valence-electron chi connectivity index (χ4n) is 2.05. The van der Waals surface area contributed by atoms with Crippen LogP contribution in [0.25, 0.3) is 0 Å². The number of nitrogens with one attached hydrogen (secondary N) is 2. The van der Waals surface area contributed by atoms with Crippen LogP contribution in [-0.2, 0) is 6.54 Å². The van der Waals surface area contributed by atoms with Crippen molar-refractivity contribution in [3.05, 3.63) is 17.5 Å². The summed E-state index contributed by atoms with van der Waals surface area (Å²) in [7, 11) is 0. The minimum Gasteiger partial charge on any atom is -0.361 e. The molecule has 1 saturated carbocycles. The molecular weight excluding hydrogens is 218 g/mol. The Kier molecular flexibility index (Phi) is 3.98. The third kappa shape index (κ3) is 3.45. The fraction of sp³-hybridized carbons (Fsp3) is 0.636. The lowest BCUT2D eigenvalue weighted by Crippen LogP contribution is -2.45. The van der Waals surface area contributed by atoms with Crippen molar-refractivity contribution in [1.29, 1.82) is 0 Å². The molecule has 0 aromatic carbocycles. The lowest BCUT2D eigenvalue weighted by molar-refractivity contribution is 0.391. The first-order chi connectivity index (χ1) is 8.28. The molecule has 0 aliphatic heterocycles. The summed E-state index contributed by atoms with van der Waals surface area (Å²) in [4.78, 5) is 4.34. The first-order valence-electron chi connectivity index (χ1n) is 5.97. The van der Waals surface area contributed by atoms with Crippen molar-refractivity contribution in [2.24, 2.45) is 10.8 Å². The average Bonchev–Trinajstić information content (AvgIpc) is 2.96. The summed E-state index contributed by atoms with van der Waals surface area (Å²) in [5, 5.41) is 7.17. The number of hydrogen-bond donors (Lipinski definition) is 3. The molecule has 1 heterocycles. The zero-order valence-corrected chi connectivity index (χ0v) is 10.1. The van der Waals surface area contributed by atoms with E-state index < -0.39 is 0 Å². The summed E-state index contributed by atoms with van der Waals surface area (Å²) in [6.07, 6.45) is 4.92.